The summed E-state index contributed by atoms with van der Waals surface area (Å²) in [6.07, 6.45) is 2.26. The minimum absolute atomic E-state index is 0.0847. The quantitative estimate of drug-likeness (QED) is 0.347. The van der Waals surface area contributed by atoms with Crippen LogP contribution in [0.1, 0.15) is 35.1 Å². The van der Waals surface area contributed by atoms with Crippen molar-refractivity contribution >= 4 is 28.9 Å². The number of nitrogens with zero attached hydrogens (tertiary/aromatic N) is 1. The lowest BCUT2D eigenvalue weighted by Crippen LogP contribution is -2.34. The Balaban J connectivity index is 1.41. The number of carbonyl (C=O) groups is 1. The summed E-state index contributed by atoms with van der Waals surface area (Å²) in [6, 6.07) is 16.7. The Morgan fingerprint density at radius 2 is 2.00 bits per heavy atom. The van der Waals surface area contributed by atoms with E-state index in [9.17, 15) is 9.18 Å². The maximum atomic E-state index is 14.4. The number of halogens is 2. The normalized spacial score (nSPS) is 12.8. The van der Waals surface area contributed by atoms with Gasteiger partial charge in [0, 0.05) is 35.9 Å². The zero-order valence-electron chi connectivity index (χ0n) is 19.8. The van der Waals surface area contributed by atoms with Crippen LogP contribution >= 0.6 is 11.6 Å². The van der Waals surface area contributed by atoms with Gasteiger partial charge in [0.15, 0.2) is 0 Å². The van der Waals surface area contributed by atoms with E-state index in [2.05, 4.69) is 29.3 Å². The minimum atomic E-state index is -0.931. The minimum Gasteiger partial charge on any atom is -0.492 e. The van der Waals surface area contributed by atoms with E-state index in [4.69, 9.17) is 21.4 Å². The highest BCUT2D eigenvalue weighted by molar-refractivity contribution is 6.30. The summed E-state index contributed by atoms with van der Waals surface area (Å²) < 4.78 is 20.3. The molecule has 1 aliphatic rings. The molecule has 0 amide bonds. The fourth-order valence-electron chi connectivity index (χ4n) is 4.56. The third-order valence-corrected chi connectivity index (χ3v) is 6.62. The Morgan fingerprint density at radius 3 is 2.77 bits per heavy atom. The first-order valence-corrected chi connectivity index (χ1v) is 12.3. The lowest BCUT2D eigenvalue weighted by molar-refractivity contribution is -0.136. The SMILES string of the molecule is Cc1c(CNc2ccc(CCC(=O)O)c(F)c2)ccc2c1N(CCOc1cccc(Cl)c1)CCC2. The van der Waals surface area contributed by atoms with Crippen molar-refractivity contribution in [3.8, 4) is 5.75 Å². The topological polar surface area (TPSA) is 61.8 Å². The molecule has 35 heavy (non-hydrogen) atoms. The smallest absolute Gasteiger partial charge is 0.303 e. The molecule has 0 aliphatic carbocycles. The zero-order chi connectivity index (χ0) is 24.8. The fourth-order valence-corrected chi connectivity index (χ4v) is 4.74. The first-order chi connectivity index (χ1) is 16.9. The average molecular weight is 497 g/mol. The molecular weight excluding hydrogens is 467 g/mol. The van der Waals surface area contributed by atoms with E-state index in [-0.39, 0.29) is 18.7 Å². The molecule has 0 aromatic heterocycles. The standard InChI is InChI=1S/C28H30ClFN2O3/c1-19-22(18-31-24-11-9-20(26(30)17-24)10-12-27(33)34)8-7-21-4-3-13-32(28(19)21)14-15-35-25-6-2-5-23(29)16-25/h2,5-9,11,16-17,31H,3-4,10,12-15,18H2,1H3,(H,33,34). The Bertz CT molecular complexity index is 1200. The number of anilines is 2. The van der Waals surface area contributed by atoms with E-state index in [0.717, 1.165) is 37.2 Å². The second-order valence-corrected chi connectivity index (χ2v) is 9.24. The molecule has 0 unspecified atom stereocenters. The van der Waals surface area contributed by atoms with Crippen LogP contribution in [0.4, 0.5) is 15.8 Å². The highest BCUT2D eigenvalue weighted by Gasteiger charge is 2.20. The van der Waals surface area contributed by atoms with Gasteiger partial charge in [0.2, 0.25) is 0 Å². The van der Waals surface area contributed by atoms with Crippen LogP contribution in [0.15, 0.2) is 54.6 Å². The highest BCUT2D eigenvalue weighted by atomic mass is 35.5. The van der Waals surface area contributed by atoms with Gasteiger partial charge < -0.3 is 20.1 Å². The molecule has 2 N–H and O–H groups in total. The summed E-state index contributed by atoms with van der Waals surface area (Å²) in [4.78, 5) is 13.1. The molecule has 0 spiro atoms. The van der Waals surface area contributed by atoms with Crippen LogP contribution in [-0.4, -0.2) is 30.8 Å². The van der Waals surface area contributed by atoms with Crippen LogP contribution in [-0.2, 0) is 24.2 Å². The second kappa shape index (κ2) is 11.5. The second-order valence-electron chi connectivity index (χ2n) is 8.81. The summed E-state index contributed by atoms with van der Waals surface area (Å²) >= 11 is 6.05. The number of hydrogen-bond donors (Lipinski definition) is 2. The van der Waals surface area contributed by atoms with Gasteiger partial charge in [-0.2, -0.15) is 0 Å². The number of aryl methyl sites for hydroxylation is 2. The fraction of sp³-hybridized carbons (Fsp3) is 0.321. The van der Waals surface area contributed by atoms with Gasteiger partial charge in [-0.1, -0.05) is 35.9 Å². The molecule has 3 aromatic carbocycles. The summed E-state index contributed by atoms with van der Waals surface area (Å²) in [5, 5.41) is 12.8. The van der Waals surface area contributed by atoms with Gasteiger partial charge in [0.1, 0.15) is 18.2 Å². The Labute approximate surface area is 210 Å². The number of nitrogens with one attached hydrogen (secondary N) is 1. The van der Waals surface area contributed by atoms with Gasteiger partial charge >= 0.3 is 5.97 Å². The van der Waals surface area contributed by atoms with Gasteiger partial charge in [-0.15, -0.1) is 0 Å². The Morgan fingerprint density at radius 1 is 1.17 bits per heavy atom. The monoisotopic (exact) mass is 496 g/mol. The third-order valence-electron chi connectivity index (χ3n) is 6.39. The largest absolute Gasteiger partial charge is 0.492 e. The average Bonchev–Trinajstić information content (AvgIpc) is 2.83. The summed E-state index contributed by atoms with van der Waals surface area (Å²) in [6.45, 7) is 5.03. The molecule has 0 radical (unpaired) electrons. The van der Waals surface area contributed by atoms with Gasteiger partial charge in [-0.05, 0) is 78.8 Å². The lowest BCUT2D eigenvalue weighted by Gasteiger charge is -2.33. The van der Waals surface area contributed by atoms with E-state index in [0.29, 0.717) is 29.4 Å². The van der Waals surface area contributed by atoms with Crippen LogP contribution in [0.25, 0.3) is 0 Å². The van der Waals surface area contributed by atoms with Crippen molar-refractivity contribution in [2.75, 3.05) is 29.9 Å². The number of carboxylic acid groups (broad SMARTS) is 1. The maximum Gasteiger partial charge on any atom is 0.303 e. The van der Waals surface area contributed by atoms with E-state index in [1.54, 1.807) is 12.1 Å². The first-order valence-electron chi connectivity index (χ1n) is 11.9. The van der Waals surface area contributed by atoms with Crippen LogP contribution in [0.3, 0.4) is 0 Å². The highest BCUT2D eigenvalue weighted by Crippen LogP contribution is 2.33. The van der Waals surface area contributed by atoms with E-state index in [1.165, 1.54) is 22.9 Å². The van der Waals surface area contributed by atoms with Gasteiger partial charge in [0.25, 0.3) is 0 Å². The molecule has 1 heterocycles. The molecule has 1 aliphatic heterocycles. The van der Waals surface area contributed by atoms with E-state index < -0.39 is 5.97 Å². The molecule has 4 rings (SSSR count). The molecule has 0 atom stereocenters. The zero-order valence-corrected chi connectivity index (χ0v) is 20.6. The van der Waals surface area contributed by atoms with Crippen LogP contribution in [0, 0.1) is 12.7 Å². The number of benzene rings is 3. The van der Waals surface area contributed by atoms with Gasteiger partial charge in [-0.25, -0.2) is 4.39 Å². The number of ether oxygens (including phenoxy) is 1. The summed E-state index contributed by atoms with van der Waals surface area (Å²) in [5.74, 6) is -0.547. The number of rotatable bonds is 10. The number of aliphatic carboxylic acids is 1. The molecule has 3 aromatic rings. The molecule has 5 nitrogen and oxygen atoms in total. The van der Waals surface area contributed by atoms with Crippen molar-refractivity contribution in [3.63, 3.8) is 0 Å². The number of carboxylic acids is 1. The summed E-state index contributed by atoms with van der Waals surface area (Å²) in [7, 11) is 0. The molecule has 0 fully saturated rings. The van der Waals surface area contributed by atoms with Crippen molar-refractivity contribution in [1.82, 2.24) is 0 Å². The predicted molar refractivity (Wildman–Crippen MR) is 138 cm³/mol. The van der Waals surface area contributed by atoms with Crippen LogP contribution in [0.2, 0.25) is 5.02 Å². The van der Waals surface area contributed by atoms with Crippen LogP contribution in [0.5, 0.6) is 5.75 Å². The van der Waals surface area contributed by atoms with Crippen molar-refractivity contribution in [3.05, 3.63) is 87.7 Å². The van der Waals surface area contributed by atoms with Gasteiger partial charge in [0.05, 0.1) is 6.54 Å². The molecule has 0 bridgehead atoms. The first kappa shape index (κ1) is 24.9. The van der Waals surface area contributed by atoms with Crippen molar-refractivity contribution < 1.29 is 19.0 Å². The number of fused-ring (bicyclic) bond motifs is 1. The molecule has 0 saturated heterocycles. The number of hydrogen-bond acceptors (Lipinski definition) is 4. The molecule has 7 heteroatoms. The van der Waals surface area contributed by atoms with Gasteiger partial charge in [-0.3, -0.25) is 4.79 Å². The van der Waals surface area contributed by atoms with Crippen LogP contribution < -0.4 is 15.0 Å². The predicted octanol–water partition coefficient (Wildman–Crippen LogP) is 6.25. The third kappa shape index (κ3) is 6.45. The van der Waals surface area contributed by atoms with Crippen molar-refractivity contribution in [2.45, 2.75) is 39.2 Å². The molecule has 0 saturated carbocycles. The van der Waals surface area contributed by atoms with E-state index >= 15 is 0 Å². The maximum absolute atomic E-state index is 14.4. The molecule has 184 valence electrons. The molecular formula is C28H30ClFN2O3. The summed E-state index contributed by atoms with van der Waals surface area (Å²) in [5.41, 5.74) is 6.07. The lowest BCUT2D eigenvalue weighted by atomic mass is 9.94. The Kier molecular flexibility index (Phi) is 8.13. The van der Waals surface area contributed by atoms with Crippen molar-refractivity contribution in [2.24, 2.45) is 0 Å². The Hall–Kier alpha value is -3.25. The van der Waals surface area contributed by atoms with E-state index in [1.807, 2.05) is 24.3 Å². The van der Waals surface area contributed by atoms with Crippen molar-refractivity contribution in [1.29, 1.82) is 0 Å².